The van der Waals surface area contributed by atoms with Crippen molar-refractivity contribution in [2.75, 3.05) is 0 Å². The van der Waals surface area contributed by atoms with Crippen LogP contribution in [0.15, 0.2) is 59.0 Å². The molecule has 0 saturated heterocycles. The molecule has 1 heterocycles. The molecule has 0 radical (unpaired) electrons. The Bertz CT molecular complexity index is 793. The first-order chi connectivity index (χ1) is 10.7. The van der Waals surface area contributed by atoms with Gasteiger partial charge in [0.05, 0.1) is 17.0 Å². The maximum absolute atomic E-state index is 9.52. The summed E-state index contributed by atoms with van der Waals surface area (Å²) >= 11 is 0. The van der Waals surface area contributed by atoms with Crippen LogP contribution in [0.1, 0.15) is 5.56 Å². The van der Waals surface area contributed by atoms with Crippen LogP contribution < -0.4 is 18.6 Å². The SMILES string of the molecule is Cc1cc(-c2ccccc2)[o+]c2cc(O)ccc12.[O-][Cl+3]([O-])([O-])[O-]. The fourth-order valence-corrected chi connectivity index (χ4v) is 2.09. The van der Waals surface area contributed by atoms with Crippen LogP contribution in [0.4, 0.5) is 0 Å². The topological polar surface area (TPSA) is 124 Å². The molecule has 1 aromatic heterocycles. The van der Waals surface area contributed by atoms with Crippen molar-refractivity contribution in [1.82, 2.24) is 0 Å². The van der Waals surface area contributed by atoms with E-state index in [-0.39, 0.29) is 5.75 Å². The standard InChI is InChI=1S/C16H12O2.ClHO4/c1-11-9-15(12-5-3-2-4-6-12)18-16-10-13(17)7-8-14(11)16;2-1(3,4)5/h2-10H,1H3;(H,2,3,4,5). The van der Waals surface area contributed by atoms with Crippen LogP contribution >= 0.6 is 0 Å². The molecule has 120 valence electrons. The highest BCUT2D eigenvalue weighted by molar-refractivity contribution is 5.83. The second-order valence-corrected chi connectivity index (χ2v) is 5.47. The second-order valence-electron chi connectivity index (χ2n) is 4.72. The Morgan fingerprint density at radius 3 is 2.13 bits per heavy atom. The number of phenols is 1. The van der Waals surface area contributed by atoms with Gasteiger partial charge in [-0.15, -0.1) is 10.2 Å². The van der Waals surface area contributed by atoms with Crippen LogP contribution in [-0.2, 0) is 0 Å². The molecule has 23 heavy (non-hydrogen) atoms. The van der Waals surface area contributed by atoms with E-state index in [2.05, 4.69) is 0 Å². The predicted molar refractivity (Wildman–Crippen MR) is 72.5 cm³/mol. The summed E-state index contributed by atoms with van der Waals surface area (Å²) < 4.78 is 39.8. The van der Waals surface area contributed by atoms with Gasteiger partial charge in [0.15, 0.2) is 0 Å². The Balaban J connectivity index is 0.000000338. The van der Waals surface area contributed by atoms with Crippen molar-refractivity contribution >= 4 is 11.0 Å². The molecule has 1 N–H and O–H groups in total. The van der Waals surface area contributed by atoms with Gasteiger partial charge in [0, 0.05) is 6.07 Å². The van der Waals surface area contributed by atoms with Crippen LogP contribution in [0.3, 0.4) is 0 Å². The number of halogens is 1. The fourth-order valence-electron chi connectivity index (χ4n) is 2.09. The zero-order valence-corrected chi connectivity index (χ0v) is 12.8. The van der Waals surface area contributed by atoms with Gasteiger partial charge < -0.3 is 5.11 Å². The van der Waals surface area contributed by atoms with Crippen molar-refractivity contribution in [2.45, 2.75) is 6.92 Å². The van der Waals surface area contributed by atoms with E-state index in [9.17, 15) is 5.11 Å². The van der Waals surface area contributed by atoms with Gasteiger partial charge in [-0.05, 0) is 36.8 Å². The summed E-state index contributed by atoms with van der Waals surface area (Å²) in [5.74, 6) is 1.03. The molecule has 0 amide bonds. The summed E-state index contributed by atoms with van der Waals surface area (Å²) in [5.41, 5.74) is 2.87. The van der Waals surface area contributed by atoms with Crippen LogP contribution in [-0.4, -0.2) is 5.11 Å². The van der Waals surface area contributed by atoms with Crippen molar-refractivity contribution in [1.29, 1.82) is 0 Å². The number of fused-ring (bicyclic) bond motifs is 1. The number of hydrogen-bond donors (Lipinski definition) is 1. The first-order valence-corrected chi connectivity index (χ1v) is 7.71. The summed E-state index contributed by atoms with van der Waals surface area (Å²) in [6.07, 6.45) is 0. The third kappa shape index (κ3) is 5.17. The van der Waals surface area contributed by atoms with Gasteiger partial charge >= 0.3 is 11.3 Å². The molecule has 0 saturated carbocycles. The molecule has 0 aliphatic carbocycles. The molecule has 0 bridgehead atoms. The number of rotatable bonds is 1. The molecule has 7 heteroatoms. The van der Waals surface area contributed by atoms with E-state index in [0.717, 1.165) is 22.3 Å². The van der Waals surface area contributed by atoms with Crippen molar-refractivity contribution in [3.8, 4) is 17.1 Å². The molecule has 0 aliphatic rings. The van der Waals surface area contributed by atoms with Crippen LogP contribution in [0, 0.1) is 17.2 Å². The fraction of sp³-hybridized carbons (Fsp3) is 0.0625. The zero-order chi connectivity index (χ0) is 17.0. The van der Waals surface area contributed by atoms with Gasteiger partial charge in [-0.2, -0.15) is 0 Å². The van der Waals surface area contributed by atoms with Crippen molar-refractivity contribution in [2.24, 2.45) is 0 Å². The average Bonchev–Trinajstić information content (AvgIpc) is 2.46. The predicted octanol–water partition coefficient (Wildman–Crippen LogP) is -0.361. The molecular formula is C16H13ClO6. The van der Waals surface area contributed by atoms with Crippen LogP contribution in [0.5, 0.6) is 5.75 Å². The number of aromatic hydroxyl groups is 1. The van der Waals surface area contributed by atoms with E-state index in [1.54, 1.807) is 12.1 Å². The third-order valence-corrected chi connectivity index (χ3v) is 3.02. The Morgan fingerprint density at radius 1 is 0.913 bits per heavy atom. The van der Waals surface area contributed by atoms with Crippen LogP contribution in [0.25, 0.3) is 22.3 Å². The smallest absolute Gasteiger partial charge is 0.364 e. The van der Waals surface area contributed by atoms with Crippen molar-refractivity contribution < 1.29 is 38.4 Å². The lowest BCUT2D eigenvalue weighted by Crippen LogP contribution is -2.68. The van der Waals surface area contributed by atoms with E-state index in [0.29, 0.717) is 5.58 Å². The Kier molecular flexibility index (Phi) is 5.15. The monoisotopic (exact) mass is 336 g/mol. The number of phenolic OH excluding ortho intramolecular Hbond substituents is 1. The zero-order valence-electron chi connectivity index (χ0n) is 12.1. The molecule has 0 fully saturated rings. The molecule has 0 atom stereocenters. The number of benzene rings is 2. The maximum atomic E-state index is 9.52. The molecule has 6 nitrogen and oxygen atoms in total. The Morgan fingerprint density at radius 2 is 1.52 bits per heavy atom. The molecule has 0 unspecified atom stereocenters. The van der Waals surface area contributed by atoms with Crippen LogP contribution in [0.2, 0.25) is 0 Å². The minimum Gasteiger partial charge on any atom is -0.508 e. The van der Waals surface area contributed by atoms with Gasteiger partial charge in [-0.1, -0.05) is 18.2 Å². The van der Waals surface area contributed by atoms with Gasteiger partial charge in [-0.25, -0.2) is 23.1 Å². The highest BCUT2D eigenvalue weighted by Gasteiger charge is 2.17. The first kappa shape index (κ1) is 17.1. The van der Waals surface area contributed by atoms with Gasteiger partial charge in [0.25, 0.3) is 0 Å². The molecule has 3 rings (SSSR count). The van der Waals surface area contributed by atoms with E-state index < -0.39 is 10.2 Å². The lowest BCUT2D eigenvalue weighted by molar-refractivity contribution is -2.00. The summed E-state index contributed by atoms with van der Waals surface area (Å²) in [4.78, 5) is 0. The van der Waals surface area contributed by atoms with Crippen molar-refractivity contribution in [3.63, 3.8) is 0 Å². The maximum Gasteiger partial charge on any atom is 0.364 e. The van der Waals surface area contributed by atoms with E-state index >= 15 is 0 Å². The highest BCUT2D eigenvalue weighted by Crippen LogP contribution is 2.29. The summed E-state index contributed by atoms with van der Waals surface area (Å²) in [5, 5.41) is 10.5. The van der Waals surface area contributed by atoms with Crippen molar-refractivity contribution in [3.05, 3.63) is 60.2 Å². The quantitative estimate of drug-likeness (QED) is 0.605. The van der Waals surface area contributed by atoms with E-state index in [1.165, 1.54) is 0 Å². The molecule has 0 spiro atoms. The third-order valence-electron chi connectivity index (χ3n) is 3.02. The average molecular weight is 337 g/mol. The van der Waals surface area contributed by atoms with E-state index in [4.69, 9.17) is 23.1 Å². The summed E-state index contributed by atoms with van der Waals surface area (Å²) in [6, 6.07) is 17.2. The lowest BCUT2D eigenvalue weighted by Gasteiger charge is -2.17. The second kappa shape index (κ2) is 6.91. The van der Waals surface area contributed by atoms with Gasteiger partial charge in [0.1, 0.15) is 5.75 Å². The van der Waals surface area contributed by atoms with Gasteiger partial charge in [-0.3, -0.25) is 0 Å². The van der Waals surface area contributed by atoms with Gasteiger partial charge in [0.2, 0.25) is 0 Å². The number of hydrogen-bond acceptors (Lipinski definition) is 5. The lowest BCUT2D eigenvalue weighted by atomic mass is 10.1. The molecular weight excluding hydrogens is 324 g/mol. The molecule has 0 aliphatic heterocycles. The summed E-state index contributed by atoms with van der Waals surface area (Å²) in [6.45, 7) is 2.04. The number of aryl methyl sites for hydroxylation is 1. The van der Waals surface area contributed by atoms with E-state index in [1.807, 2.05) is 49.4 Å². The minimum absolute atomic E-state index is 0.218. The Labute approximate surface area is 134 Å². The minimum atomic E-state index is -4.94. The molecule has 3 aromatic rings. The molecule has 2 aromatic carbocycles. The normalized spacial score (nSPS) is 11.0. The largest absolute Gasteiger partial charge is 0.508 e. The first-order valence-electron chi connectivity index (χ1n) is 6.48. The summed E-state index contributed by atoms with van der Waals surface area (Å²) in [7, 11) is -4.94. The highest BCUT2D eigenvalue weighted by atomic mass is 35.7. The Hall–Kier alpha value is -2.22.